The average molecular weight is 351 g/mol. The van der Waals surface area contributed by atoms with Crippen molar-refractivity contribution >= 4 is 5.91 Å². The van der Waals surface area contributed by atoms with Gasteiger partial charge >= 0.3 is 0 Å². The minimum atomic E-state index is -0.253. The molecule has 1 heterocycles. The molecule has 0 aliphatic rings. The van der Waals surface area contributed by atoms with Gasteiger partial charge in [0, 0.05) is 6.54 Å². The zero-order chi connectivity index (χ0) is 18.4. The Morgan fingerprint density at radius 3 is 2.50 bits per heavy atom. The maximum atomic E-state index is 12.3. The summed E-state index contributed by atoms with van der Waals surface area (Å²) < 4.78 is 16.5. The third-order valence-electron chi connectivity index (χ3n) is 4.03. The number of hydrogen-bond donors (Lipinski definition) is 1. The van der Waals surface area contributed by atoms with Gasteiger partial charge in [0.25, 0.3) is 5.91 Å². The topological polar surface area (TPSA) is 60.7 Å². The number of ether oxygens (including phenoxy) is 2. The Morgan fingerprint density at radius 1 is 1.00 bits per heavy atom. The van der Waals surface area contributed by atoms with Crippen molar-refractivity contribution in [3.8, 4) is 11.5 Å². The van der Waals surface area contributed by atoms with Crippen LogP contribution in [0.1, 0.15) is 27.4 Å². The van der Waals surface area contributed by atoms with Gasteiger partial charge in [-0.15, -0.1) is 0 Å². The average Bonchev–Trinajstić information content (AvgIpc) is 3.15. The van der Waals surface area contributed by atoms with E-state index in [-0.39, 0.29) is 18.3 Å². The first-order valence-corrected chi connectivity index (χ1v) is 8.34. The highest BCUT2D eigenvalue weighted by atomic mass is 16.5. The third-order valence-corrected chi connectivity index (χ3v) is 4.03. The molecule has 26 heavy (non-hydrogen) atoms. The number of carbonyl (C=O) groups excluding carboxylic acids is 1. The molecule has 3 rings (SSSR count). The Hall–Kier alpha value is -3.21. The van der Waals surface area contributed by atoms with E-state index in [1.54, 1.807) is 19.2 Å². The fourth-order valence-electron chi connectivity index (χ4n) is 2.54. The van der Waals surface area contributed by atoms with Crippen LogP contribution >= 0.6 is 0 Å². The zero-order valence-electron chi connectivity index (χ0n) is 14.8. The first-order chi connectivity index (χ1) is 12.7. The first-order valence-electron chi connectivity index (χ1n) is 8.34. The van der Waals surface area contributed by atoms with E-state index >= 15 is 0 Å². The lowest BCUT2D eigenvalue weighted by atomic mass is 10.1. The molecule has 1 aromatic heterocycles. The van der Waals surface area contributed by atoms with Crippen LogP contribution in [-0.2, 0) is 13.2 Å². The second-order valence-corrected chi connectivity index (χ2v) is 5.81. The quantitative estimate of drug-likeness (QED) is 0.696. The van der Waals surface area contributed by atoms with E-state index in [2.05, 4.69) is 5.32 Å². The molecule has 0 radical (unpaired) electrons. The Labute approximate surface area is 152 Å². The van der Waals surface area contributed by atoms with Crippen molar-refractivity contribution in [2.75, 3.05) is 7.11 Å². The number of para-hydroxylation sites is 2. The highest BCUT2D eigenvalue weighted by Crippen LogP contribution is 2.26. The van der Waals surface area contributed by atoms with Gasteiger partial charge in [-0.25, -0.2) is 0 Å². The maximum absolute atomic E-state index is 12.3. The van der Waals surface area contributed by atoms with Crippen molar-refractivity contribution < 1.29 is 18.7 Å². The highest BCUT2D eigenvalue weighted by Gasteiger charge is 2.12. The first kappa shape index (κ1) is 17.6. The summed E-state index contributed by atoms with van der Waals surface area (Å²) in [6.45, 7) is 2.69. The second kappa shape index (κ2) is 8.25. The smallest absolute Gasteiger partial charge is 0.287 e. The number of furan rings is 1. The number of benzene rings is 2. The fourth-order valence-corrected chi connectivity index (χ4v) is 2.54. The fraction of sp³-hybridized carbons (Fsp3) is 0.190. The van der Waals surface area contributed by atoms with Crippen LogP contribution in [0.25, 0.3) is 0 Å². The van der Waals surface area contributed by atoms with Crippen LogP contribution in [0.3, 0.4) is 0 Å². The molecule has 0 aliphatic carbocycles. The lowest BCUT2D eigenvalue weighted by molar-refractivity contribution is 0.0919. The van der Waals surface area contributed by atoms with Crippen LogP contribution in [0.4, 0.5) is 0 Å². The summed E-state index contributed by atoms with van der Waals surface area (Å²) in [6, 6.07) is 18.7. The number of amides is 1. The molecule has 0 spiro atoms. The number of methoxy groups -OCH3 is 1. The van der Waals surface area contributed by atoms with Crippen LogP contribution in [0.15, 0.2) is 65.1 Å². The van der Waals surface area contributed by atoms with E-state index < -0.39 is 0 Å². The second-order valence-electron chi connectivity index (χ2n) is 5.81. The van der Waals surface area contributed by atoms with Crippen LogP contribution in [-0.4, -0.2) is 13.0 Å². The number of rotatable bonds is 7. The predicted molar refractivity (Wildman–Crippen MR) is 98.4 cm³/mol. The molecule has 0 unspecified atom stereocenters. The van der Waals surface area contributed by atoms with E-state index in [9.17, 15) is 4.79 Å². The molecule has 0 atom stereocenters. The molecular formula is C21H21NO4. The minimum Gasteiger partial charge on any atom is -0.493 e. The summed E-state index contributed by atoms with van der Waals surface area (Å²) in [5.41, 5.74) is 2.21. The highest BCUT2D eigenvalue weighted by molar-refractivity contribution is 5.91. The Kier molecular flexibility index (Phi) is 5.59. The van der Waals surface area contributed by atoms with Gasteiger partial charge in [0.15, 0.2) is 17.3 Å². The van der Waals surface area contributed by atoms with Gasteiger partial charge in [-0.3, -0.25) is 4.79 Å². The lowest BCUT2D eigenvalue weighted by Gasteiger charge is -2.09. The molecule has 0 aliphatic heterocycles. The van der Waals surface area contributed by atoms with E-state index in [1.165, 1.54) is 0 Å². The Balaban J connectivity index is 1.57. The van der Waals surface area contributed by atoms with Crippen LogP contribution in [0.2, 0.25) is 0 Å². The van der Waals surface area contributed by atoms with Gasteiger partial charge in [0.2, 0.25) is 0 Å². The lowest BCUT2D eigenvalue weighted by Crippen LogP contribution is -2.22. The Morgan fingerprint density at radius 2 is 1.73 bits per heavy atom. The van der Waals surface area contributed by atoms with Crippen LogP contribution in [0.5, 0.6) is 11.5 Å². The third kappa shape index (κ3) is 4.25. The maximum Gasteiger partial charge on any atom is 0.287 e. The molecule has 2 aromatic carbocycles. The van der Waals surface area contributed by atoms with Gasteiger partial charge < -0.3 is 19.2 Å². The minimum absolute atomic E-state index is 0.214. The molecule has 0 fully saturated rings. The summed E-state index contributed by atoms with van der Waals surface area (Å²) >= 11 is 0. The van der Waals surface area contributed by atoms with Crippen molar-refractivity contribution in [2.24, 2.45) is 0 Å². The summed E-state index contributed by atoms with van der Waals surface area (Å²) in [7, 11) is 1.59. The van der Waals surface area contributed by atoms with Crippen molar-refractivity contribution in [1.29, 1.82) is 0 Å². The molecular weight excluding hydrogens is 330 g/mol. The van der Waals surface area contributed by atoms with Crippen molar-refractivity contribution in [2.45, 2.75) is 20.1 Å². The van der Waals surface area contributed by atoms with Gasteiger partial charge in [-0.05, 0) is 42.3 Å². The summed E-state index contributed by atoms with van der Waals surface area (Å²) in [5.74, 6) is 1.85. The van der Waals surface area contributed by atoms with E-state index in [4.69, 9.17) is 13.9 Å². The van der Waals surface area contributed by atoms with E-state index in [0.29, 0.717) is 23.8 Å². The van der Waals surface area contributed by atoms with Crippen molar-refractivity contribution in [3.63, 3.8) is 0 Å². The number of hydrogen-bond acceptors (Lipinski definition) is 4. The van der Waals surface area contributed by atoms with Gasteiger partial charge in [0.05, 0.1) is 7.11 Å². The largest absolute Gasteiger partial charge is 0.493 e. The number of carbonyl (C=O) groups is 1. The SMILES string of the molecule is COc1ccccc1OCc1ccc(C(=O)NCc2ccccc2C)o1. The summed E-state index contributed by atoms with van der Waals surface area (Å²) in [6.07, 6.45) is 0. The zero-order valence-corrected chi connectivity index (χ0v) is 14.8. The monoisotopic (exact) mass is 351 g/mol. The molecule has 1 N–H and O–H groups in total. The number of aryl methyl sites for hydroxylation is 1. The predicted octanol–water partition coefficient (Wildman–Crippen LogP) is 4.11. The molecule has 0 saturated heterocycles. The van der Waals surface area contributed by atoms with Gasteiger partial charge in [-0.1, -0.05) is 36.4 Å². The molecule has 0 bridgehead atoms. The van der Waals surface area contributed by atoms with E-state index in [0.717, 1.165) is 11.1 Å². The molecule has 0 saturated carbocycles. The normalized spacial score (nSPS) is 10.4. The van der Waals surface area contributed by atoms with Gasteiger partial charge in [-0.2, -0.15) is 0 Å². The Bertz CT molecular complexity index is 885. The summed E-state index contributed by atoms with van der Waals surface area (Å²) in [5, 5.41) is 2.87. The van der Waals surface area contributed by atoms with E-state index in [1.807, 2.05) is 55.5 Å². The summed E-state index contributed by atoms with van der Waals surface area (Å²) in [4.78, 5) is 12.3. The van der Waals surface area contributed by atoms with Crippen molar-refractivity contribution in [1.82, 2.24) is 5.32 Å². The molecule has 1 amide bonds. The molecule has 3 aromatic rings. The standard InChI is InChI=1S/C21H21NO4/c1-15-7-3-4-8-16(15)13-22-21(23)20-12-11-17(26-20)14-25-19-10-6-5-9-18(19)24-2/h3-12H,13-14H2,1-2H3,(H,22,23). The van der Waals surface area contributed by atoms with Gasteiger partial charge in [0.1, 0.15) is 12.4 Å². The van der Waals surface area contributed by atoms with Crippen LogP contribution in [0, 0.1) is 6.92 Å². The molecule has 5 nitrogen and oxygen atoms in total. The molecule has 134 valence electrons. The molecule has 5 heteroatoms. The van der Waals surface area contributed by atoms with Crippen LogP contribution < -0.4 is 14.8 Å². The number of nitrogens with one attached hydrogen (secondary N) is 1. The van der Waals surface area contributed by atoms with Crippen molar-refractivity contribution in [3.05, 3.63) is 83.3 Å².